The number of rotatable bonds is 4. The lowest BCUT2D eigenvalue weighted by molar-refractivity contribution is -0.131. The number of hydrogen-bond donors (Lipinski definition) is 1. The third kappa shape index (κ3) is 2.98. The Bertz CT molecular complexity index is 1150. The van der Waals surface area contributed by atoms with Gasteiger partial charge in [0.05, 0.1) is 0 Å². The fourth-order valence-corrected chi connectivity index (χ4v) is 4.19. The van der Waals surface area contributed by atoms with E-state index in [1.807, 2.05) is 43.3 Å². The predicted octanol–water partition coefficient (Wildman–Crippen LogP) is 3.50. The van der Waals surface area contributed by atoms with E-state index in [4.69, 9.17) is 4.52 Å². The van der Waals surface area contributed by atoms with E-state index in [2.05, 4.69) is 21.5 Å². The minimum atomic E-state index is -1.10. The number of urea groups is 1. The number of carbonyl (C=O) groups is 2. The van der Waals surface area contributed by atoms with E-state index in [0.29, 0.717) is 5.82 Å². The molecule has 3 aromatic rings. The van der Waals surface area contributed by atoms with Gasteiger partial charge in [0.2, 0.25) is 11.7 Å². The van der Waals surface area contributed by atoms with Crippen molar-refractivity contribution in [3.05, 3.63) is 70.6 Å². The number of imide groups is 1. The second kappa shape index (κ2) is 6.79. The van der Waals surface area contributed by atoms with Gasteiger partial charge in [-0.1, -0.05) is 53.2 Å². The summed E-state index contributed by atoms with van der Waals surface area (Å²) < 4.78 is 5.31. The van der Waals surface area contributed by atoms with Gasteiger partial charge in [-0.25, -0.2) is 4.79 Å². The molecule has 152 valence electrons. The molecule has 7 heteroatoms. The van der Waals surface area contributed by atoms with Gasteiger partial charge in [0.1, 0.15) is 12.1 Å². The zero-order valence-electron chi connectivity index (χ0n) is 16.9. The summed E-state index contributed by atoms with van der Waals surface area (Å²) in [6.07, 6.45) is 3.20. The van der Waals surface area contributed by atoms with Crippen LogP contribution in [0.2, 0.25) is 0 Å². The van der Waals surface area contributed by atoms with Gasteiger partial charge < -0.3 is 9.84 Å². The number of nitrogens with zero attached hydrogens (tertiary/aromatic N) is 3. The Morgan fingerprint density at radius 1 is 1.10 bits per heavy atom. The number of amides is 3. The maximum Gasteiger partial charge on any atom is 0.325 e. The number of aryl methyl sites for hydroxylation is 3. The molecule has 1 aliphatic heterocycles. The van der Waals surface area contributed by atoms with E-state index in [0.717, 1.165) is 40.9 Å². The summed E-state index contributed by atoms with van der Waals surface area (Å²) in [5.41, 5.74) is 4.23. The smallest absolute Gasteiger partial charge is 0.325 e. The highest BCUT2D eigenvalue weighted by atomic mass is 16.5. The molecular weight excluding hydrogens is 380 g/mol. The fourth-order valence-electron chi connectivity index (χ4n) is 4.19. The monoisotopic (exact) mass is 402 g/mol. The molecule has 5 rings (SSSR count). The van der Waals surface area contributed by atoms with Crippen LogP contribution in [0.3, 0.4) is 0 Å². The van der Waals surface area contributed by atoms with Crippen molar-refractivity contribution in [2.75, 3.05) is 0 Å². The molecule has 0 saturated carbocycles. The van der Waals surface area contributed by atoms with Crippen molar-refractivity contribution in [1.29, 1.82) is 0 Å². The minimum Gasteiger partial charge on any atom is -0.337 e. The molecule has 1 atom stereocenters. The molecular formula is C23H22N4O3. The molecule has 1 saturated heterocycles. The largest absolute Gasteiger partial charge is 0.337 e. The third-order valence-corrected chi connectivity index (χ3v) is 6.02. The highest BCUT2D eigenvalue weighted by Gasteiger charge is 2.49. The van der Waals surface area contributed by atoms with E-state index < -0.39 is 11.6 Å². The molecule has 1 N–H and O–H groups in total. The summed E-state index contributed by atoms with van der Waals surface area (Å²) in [6.45, 7) is 3.68. The zero-order valence-corrected chi connectivity index (χ0v) is 16.9. The van der Waals surface area contributed by atoms with Crippen LogP contribution in [0.15, 0.2) is 47.0 Å². The van der Waals surface area contributed by atoms with Gasteiger partial charge >= 0.3 is 6.03 Å². The molecule has 0 spiro atoms. The third-order valence-electron chi connectivity index (χ3n) is 6.02. The van der Waals surface area contributed by atoms with Crippen molar-refractivity contribution in [3.63, 3.8) is 0 Å². The van der Waals surface area contributed by atoms with E-state index in [1.165, 1.54) is 11.1 Å². The lowest BCUT2D eigenvalue weighted by Crippen LogP contribution is -2.41. The summed E-state index contributed by atoms with van der Waals surface area (Å²) in [5.74, 6) is 0.325. The molecule has 2 aromatic carbocycles. The second-order valence-corrected chi connectivity index (χ2v) is 8.16. The molecule has 2 heterocycles. The van der Waals surface area contributed by atoms with E-state index in [1.54, 1.807) is 6.92 Å². The predicted molar refractivity (Wildman–Crippen MR) is 109 cm³/mol. The van der Waals surface area contributed by atoms with Gasteiger partial charge in [0.25, 0.3) is 5.91 Å². The average Bonchev–Trinajstić information content (AvgIpc) is 3.44. The van der Waals surface area contributed by atoms with Gasteiger partial charge in [-0.05, 0) is 49.8 Å². The zero-order chi connectivity index (χ0) is 20.9. The topological polar surface area (TPSA) is 88.3 Å². The van der Waals surface area contributed by atoms with E-state index >= 15 is 0 Å². The van der Waals surface area contributed by atoms with Crippen LogP contribution in [0, 0.1) is 6.92 Å². The van der Waals surface area contributed by atoms with Crippen LogP contribution in [0.4, 0.5) is 4.79 Å². The maximum atomic E-state index is 13.2. The normalized spacial score (nSPS) is 20.5. The first-order chi connectivity index (χ1) is 14.4. The van der Waals surface area contributed by atoms with Crippen molar-refractivity contribution in [3.8, 4) is 11.4 Å². The number of hydrogen-bond acceptors (Lipinski definition) is 5. The van der Waals surface area contributed by atoms with Gasteiger partial charge in [-0.15, -0.1) is 0 Å². The van der Waals surface area contributed by atoms with Crippen molar-refractivity contribution < 1.29 is 14.1 Å². The average molecular weight is 402 g/mol. The lowest BCUT2D eigenvalue weighted by atomic mass is 9.90. The highest BCUT2D eigenvalue weighted by molar-refractivity contribution is 6.07. The van der Waals surface area contributed by atoms with Crippen LogP contribution in [0.1, 0.15) is 41.5 Å². The quantitative estimate of drug-likeness (QED) is 0.675. The Morgan fingerprint density at radius 2 is 1.87 bits per heavy atom. The number of nitrogens with one attached hydrogen (secondary N) is 1. The van der Waals surface area contributed by atoms with Gasteiger partial charge in [0, 0.05) is 5.56 Å². The fraction of sp³-hybridized carbons (Fsp3) is 0.304. The van der Waals surface area contributed by atoms with Crippen molar-refractivity contribution >= 4 is 11.9 Å². The Balaban J connectivity index is 1.38. The van der Waals surface area contributed by atoms with Crippen LogP contribution in [0.25, 0.3) is 11.4 Å². The molecule has 3 amide bonds. The van der Waals surface area contributed by atoms with Crippen molar-refractivity contribution in [2.45, 2.75) is 45.2 Å². The molecule has 1 aliphatic carbocycles. The highest BCUT2D eigenvalue weighted by Crippen LogP contribution is 2.33. The maximum absolute atomic E-state index is 13.2. The summed E-state index contributed by atoms with van der Waals surface area (Å²) in [4.78, 5) is 31.3. The van der Waals surface area contributed by atoms with Crippen molar-refractivity contribution in [2.24, 2.45) is 0 Å². The van der Waals surface area contributed by atoms with Crippen LogP contribution in [-0.4, -0.2) is 27.0 Å². The SMILES string of the molecule is Cc1ccc(-c2noc(CN3C(=O)N[C@](C)(c4ccc5c(c4)CCC5)C3=O)n2)cc1. The number of aromatic nitrogens is 2. The van der Waals surface area contributed by atoms with Crippen LogP contribution in [-0.2, 0) is 29.7 Å². The number of carbonyl (C=O) groups excluding carboxylic acids is 2. The molecule has 0 radical (unpaired) electrons. The second-order valence-electron chi connectivity index (χ2n) is 8.16. The summed E-state index contributed by atoms with van der Waals surface area (Å²) in [6, 6.07) is 13.3. The van der Waals surface area contributed by atoms with Gasteiger partial charge in [-0.2, -0.15) is 4.98 Å². The first-order valence-corrected chi connectivity index (χ1v) is 10.1. The number of benzene rings is 2. The molecule has 0 bridgehead atoms. The summed E-state index contributed by atoms with van der Waals surface area (Å²) >= 11 is 0. The minimum absolute atomic E-state index is 0.0654. The molecule has 1 aromatic heterocycles. The summed E-state index contributed by atoms with van der Waals surface area (Å²) in [7, 11) is 0. The van der Waals surface area contributed by atoms with Crippen molar-refractivity contribution in [1.82, 2.24) is 20.4 Å². The molecule has 1 fully saturated rings. The Morgan fingerprint density at radius 3 is 2.67 bits per heavy atom. The van der Waals surface area contributed by atoms with Gasteiger partial charge in [0.15, 0.2) is 0 Å². The first kappa shape index (κ1) is 18.5. The molecule has 0 unspecified atom stereocenters. The first-order valence-electron chi connectivity index (χ1n) is 10.1. The molecule has 2 aliphatic rings. The summed E-state index contributed by atoms with van der Waals surface area (Å²) in [5, 5.41) is 6.84. The number of fused-ring (bicyclic) bond motifs is 1. The Labute approximate surface area is 174 Å². The van der Waals surface area contributed by atoms with E-state index in [9.17, 15) is 9.59 Å². The lowest BCUT2D eigenvalue weighted by Gasteiger charge is -2.22. The molecule has 30 heavy (non-hydrogen) atoms. The Kier molecular flexibility index (Phi) is 4.20. The van der Waals surface area contributed by atoms with Crippen LogP contribution >= 0.6 is 0 Å². The standard InChI is InChI=1S/C23H22N4O3/c1-14-6-8-16(9-7-14)20-24-19(30-26-20)13-27-21(28)23(2,25-22(27)29)18-11-10-15-4-3-5-17(15)12-18/h6-12H,3-5,13H2,1-2H3,(H,25,29)/t23-/m1/s1. The van der Waals surface area contributed by atoms with E-state index in [-0.39, 0.29) is 18.3 Å². The molecule has 7 nitrogen and oxygen atoms in total. The Hall–Kier alpha value is -3.48. The van der Waals surface area contributed by atoms with Crippen LogP contribution in [0.5, 0.6) is 0 Å². The van der Waals surface area contributed by atoms with Gasteiger partial charge in [-0.3, -0.25) is 9.69 Å². The van der Waals surface area contributed by atoms with Crippen LogP contribution < -0.4 is 5.32 Å².